The van der Waals surface area contributed by atoms with Gasteiger partial charge in [0, 0.05) is 30.4 Å². The molecule has 5 nitrogen and oxygen atoms in total. The molecule has 1 atom stereocenters. The summed E-state index contributed by atoms with van der Waals surface area (Å²) in [6.45, 7) is 5.98. The number of ether oxygens (including phenoxy) is 1. The lowest BCUT2D eigenvalue weighted by Gasteiger charge is -2.21. The largest absolute Gasteiger partial charge is 0.444 e. The number of carbonyl (C=O) groups is 2. The van der Waals surface area contributed by atoms with Gasteiger partial charge in [0.25, 0.3) is 5.91 Å². The van der Waals surface area contributed by atoms with Crippen LogP contribution in [0.5, 0.6) is 0 Å². The van der Waals surface area contributed by atoms with E-state index >= 15 is 0 Å². The number of anilines is 1. The molecule has 2 aromatic rings. The lowest BCUT2D eigenvalue weighted by molar-refractivity contribution is -0.130. The van der Waals surface area contributed by atoms with Crippen LogP contribution >= 0.6 is 0 Å². The summed E-state index contributed by atoms with van der Waals surface area (Å²) in [4.78, 5) is 27.4. The number of carbonyl (C=O) groups excluding carboxylic acids is 2. The fourth-order valence-corrected chi connectivity index (χ4v) is 2.98. The normalized spacial score (nSPS) is 14.3. The van der Waals surface area contributed by atoms with E-state index < -0.39 is 12.1 Å². The smallest absolute Gasteiger partial charge is 0.339 e. The minimum absolute atomic E-state index is 0.204. The number of hydrogen-bond donors (Lipinski definition) is 1. The zero-order valence-electron chi connectivity index (χ0n) is 15.9. The first-order valence-corrected chi connectivity index (χ1v) is 9.53. The summed E-state index contributed by atoms with van der Waals surface area (Å²) >= 11 is 0. The molecule has 0 saturated heterocycles. The number of nitrogens with one attached hydrogen (secondary N) is 1. The maximum Gasteiger partial charge on any atom is 0.339 e. The van der Waals surface area contributed by atoms with Gasteiger partial charge in [-0.05, 0) is 51.0 Å². The predicted octanol–water partition coefficient (Wildman–Crippen LogP) is 3.71. The zero-order valence-corrected chi connectivity index (χ0v) is 15.9. The SMILES string of the molecule is CCN(CC)c1ccc(C(=O)OC(C(=O)NC2CC2)c2ccccc2)cc1. The molecule has 0 spiro atoms. The molecule has 0 radical (unpaired) electrons. The molecular weight excluding hydrogens is 340 g/mol. The van der Waals surface area contributed by atoms with E-state index in [2.05, 4.69) is 24.1 Å². The van der Waals surface area contributed by atoms with Crippen LogP contribution in [0, 0.1) is 0 Å². The van der Waals surface area contributed by atoms with Gasteiger partial charge in [0.1, 0.15) is 0 Å². The fraction of sp³-hybridized carbons (Fsp3) is 0.364. The highest BCUT2D eigenvalue weighted by Gasteiger charge is 2.31. The van der Waals surface area contributed by atoms with Crippen LogP contribution in [-0.2, 0) is 9.53 Å². The topological polar surface area (TPSA) is 58.6 Å². The number of benzene rings is 2. The minimum Gasteiger partial charge on any atom is -0.444 e. The monoisotopic (exact) mass is 366 g/mol. The Morgan fingerprint density at radius 3 is 2.22 bits per heavy atom. The van der Waals surface area contributed by atoms with Gasteiger partial charge < -0.3 is 15.0 Å². The van der Waals surface area contributed by atoms with Crippen molar-refractivity contribution >= 4 is 17.6 Å². The molecule has 5 heteroatoms. The van der Waals surface area contributed by atoms with E-state index in [0.717, 1.165) is 31.6 Å². The van der Waals surface area contributed by atoms with Crippen LogP contribution in [0.15, 0.2) is 54.6 Å². The quantitative estimate of drug-likeness (QED) is 0.724. The summed E-state index contributed by atoms with van der Waals surface area (Å²) in [5, 5.41) is 2.93. The highest BCUT2D eigenvalue weighted by molar-refractivity contribution is 5.93. The molecule has 1 saturated carbocycles. The molecule has 1 unspecified atom stereocenters. The van der Waals surface area contributed by atoms with Gasteiger partial charge in [-0.3, -0.25) is 4.79 Å². The standard InChI is InChI=1S/C22H26N2O3/c1-3-24(4-2)19-14-10-17(11-15-19)22(26)27-20(16-8-6-5-7-9-16)21(25)23-18-12-13-18/h5-11,14-15,18,20H,3-4,12-13H2,1-2H3,(H,23,25). The van der Waals surface area contributed by atoms with E-state index in [9.17, 15) is 9.59 Å². The minimum atomic E-state index is -0.943. The average Bonchev–Trinajstić information content (AvgIpc) is 3.52. The zero-order chi connectivity index (χ0) is 19.2. The van der Waals surface area contributed by atoms with E-state index in [1.165, 1.54) is 0 Å². The van der Waals surface area contributed by atoms with Crippen molar-refractivity contribution in [1.82, 2.24) is 5.32 Å². The lowest BCUT2D eigenvalue weighted by atomic mass is 10.1. The predicted molar refractivity (Wildman–Crippen MR) is 106 cm³/mol. The van der Waals surface area contributed by atoms with E-state index in [1.54, 1.807) is 24.3 Å². The maximum atomic E-state index is 12.6. The van der Waals surface area contributed by atoms with Gasteiger partial charge in [-0.1, -0.05) is 30.3 Å². The first-order valence-electron chi connectivity index (χ1n) is 9.53. The summed E-state index contributed by atoms with van der Waals surface area (Å²) in [6.07, 6.45) is 1.02. The molecule has 2 aromatic carbocycles. The van der Waals surface area contributed by atoms with Gasteiger partial charge >= 0.3 is 5.97 Å². The van der Waals surface area contributed by atoms with Crippen molar-refractivity contribution in [3.63, 3.8) is 0 Å². The highest BCUT2D eigenvalue weighted by atomic mass is 16.5. The second-order valence-electron chi connectivity index (χ2n) is 6.70. The van der Waals surface area contributed by atoms with E-state index in [4.69, 9.17) is 4.74 Å². The van der Waals surface area contributed by atoms with E-state index in [0.29, 0.717) is 11.1 Å². The Morgan fingerprint density at radius 1 is 1.04 bits per heavy atom. The molecule has 1 aliphatic carbocycles. The van der Waals surface area contributed by atoms with Crippen molar-refractivity contribution in [3.8, 4) is 0 Å². The molecule has 3 rings (SSSR count). The summed E-state index contributed by atoms with van der Waals surface area (Å²) in [5.74, 6) is -0.766. The fourth-order valence-electron chi connectivity index (χ4n) is 2.98. The summed E-state index contributed by atoms with van der Waals surface area (Å²) in [5.41, 5.74) is 2.16. The van der Waals surface area contributed by atoms with Crippen LogP contribution in [0.25, 0.3) is 0 Å². The van der Waals surface area contributed by atoms with E-state index in [1.807, 2.05) is 30.3 Å². The molecule has 27 heavy (non-hydrogen) atoms. The Labute approximate surface area is 160 Å². The molecular formula is C22H26N2O3. The second-order valence-corrected chi connectivity index (χ2v) is 6.70. The van der Waals surface area contributed by atoms with Crippen LogP contribution < -0.4 is 10.2 Å². The molecule has 0 bridgehead atoms. The number of esters is 1. The van der Waals surface area contributed by atoms with Gasteiger partial charge in [0.15, 0.2) is 0 Å². The van der Waals surface area contributed by atoms with Crippen LogP contribution in [0.4, 0.5) is 5.69 Å². The molecule has 1 N–H and O–H groups in total. The van der Waals surface area contributed by atoms with E-state index in [-0.39, 0.29) is 11.9 Å². The van der Waals surface area contributed by atoms with Gasteiger partial charge in [-0.25, -0.2) is 4.79 Å². The van der Waals surface area contributed by atoms with Gasteiger partial charge in [-0.15, -0.1) is 0 Å². The van der Waals surface area contributed by atoms with Crippen molar-refractivity contribution in [2.24, 2.45) is 0 Å². The van der Waals surface area contributed by atoms with Crippen molar-refractivity contribution < 1.29 is 14.3 Å². The number of amides is 1. The third-order valence-electron chi connectivity index (χ3n) is 4.72. The number of nitrogens with zero attached hydrogens (tertiary/aromatic N) is 1. The van der Waals surface area contributed by atoms with Gasteiger partial charge in [-0.2, -0.15) is 0 Å². The van der Waals surface area contributed by atoms with Crippen molar-refractivity contribution in [2.75, 3.05) is 18.0 Å². The Morgan fingerprint density at radius 2 is 1.67 bits per heavy atom. The summed E-state index contributed by atoms with van der Waals surface area (Å²) < 4.78 is 5.60. The Bertz CT molecular complexity index is 766. The summed E-state index contributed by atoms with van der Waals surface area (Å²) in [7, 11) is 0. The van der Waals surface area contributed by atoms with Crippen molar-refractivity contribution in [2.45, 2.75) is 38.8 Å². The highest BCUT2D eigenvalue weighted by Crippen LogP contribution is 2.24. The lowest BCUT2D eigenvalue weighted by Crippen LogP contribution is -2.33. The van der Waals surface area contributed by atoms with Crippen LogP contribution in [0.2, 0.25) is 0 Å². The molecule has 1 aliphatic rings. The third kappa shape index (κ3) is 4.88. The molecule has 0 aliphatic heterocycles. The maximum absolute atomic E-state index is 12.6. The van der Waals surface area contributed by atoms with Gasteiger partial charge in [0.2, 0.25) is 6.10 Å². The second kappa shape index (κ2) is 8.71. The first-order chi connectivity index (χ1) is 13.1. The van der Waals surface area contributed by atoms with Gasteiger partial charge in [0.05, 0.1) is 5.56 Å². The summed E-state index contributed by atoms with van der Waals surface area (Å²) in [6, 6.07) is 16.6. The first kappa shape index (κ1) is 19.0. The molecule has 142 valence electrons. The molecule has 0 heterocycles. The Balaban J connectivity index is 1.74. The average molecular weight is 366 g/mol. The van der Waals surface area contributed by atoms with Crippen molar-refractivity contribution in [1.29, 1.82) is 0 Å². The third-order valence-corrected chi connectivity index (χ3v) is 4.72. The molecule has 1 amide bonds. The van der Waals surface area contributed by atoms with Crippen LogP contribution in [-0.4, -0.2) is 31.0 Å². The number of rotatable bonds is 8. The number of hydrogen-bond acceptors (Lipinski definition) is 4. The van der Waals surface area contributed by atoms with Crippen molar-refractivity contribution in [3.05, 3.63) is 65.7 Å². The molecule has 0 aromatic heterocycles. The molecule has 1 fully saturated rings. The Kier molecular flexibility index (Phi) is 6.12. The van der Waals surface area contributed by atoms with Crippen LogP contribution in [0.3, 0.4) is 0 Å². The van der Waals surface area contributed by atoms with Crippen LogP contribution in [0.1, 0.15) is 48.7 Å². The Hall–Kier alpha value is -2.82.